The number of amides is 1. The molecule has 4 rings (SSSR count). The van der Waals surface area contributed by atoms with Crippen LogP contribution in [0, 0.1) is 11.8 Å². The van der Waals surface area contributed by atoms with Crippen LogP contribution < -0.4 is 4.74 Å². The van der Waals surface area contributed by atoms with Gasteiger partial charge in [0.1, 0.15) is 11.4 Å². The van der Waals surface area contributed by atoms with Gasteiger partial charge in [-0.25, -0.2) is 4.39 Å². The Labute approximate surface area is 226 Å². The van der Waals surface area contributed by atoms with Crippen LogP contribution in [0.5, 0.6) is 5.75 Å². The largest absolute Gasteiger partial charge is 0.493 e. The smallest absolute Gasteiger partial charge is 0.310 e. The molecule has 2 aliphatic rings. The molecular formula is C31H41FN2O4. The van der Waals surface area contributed by atoms with Crippen molar-refractivity contribution >= 4 is 11.9 Å². The van der Waals surface area contributed by atoms with Crippen LogP contribution in [0.3, 0.4) is 0 Å². The van der Waals surface area contributed by atoms with Gasteiger partial charge >= 0.3 is 5.97 Å². The highest BCUT2D eigenvalue weighted by molar-refractivity contribution is 5.95. The van der Waals surface area contributed by atoms with E-state index in [4.69, 9.17) is 9.47 Å². The first-order valence-electron chi connectivity index (χ1n) is 13.9. The van der Waals surface area contributed by atoms with Crippen LogP contribution in [-0.2, 0) is 9.53 Å². The average molecular weight is 525 g/mol. The maximum absolute atomic E-state index is 13.9. The number of carbonyl (C=O) groups excluding carboxylic acids is 2. The summed E-state index contributed by atoms with van der Waals surface area (Å²) in [5.74, 6) is 0.832. The molecule has 6 nitrogen and oxygen atoms in total. The van der Waals surface area contributed by atoms with Crippen LogP contribution in [0.2, 0.25) is 0 Å². The van der Waals surface area contributed by atoms with E-state index in [1.54, 1.807) is 25.7 Å². The Hall–Kier alpha value is -2.93. The molecule has 206 valence electrons. The standard InChI is InChI=1S/C31H41FN2O4/c1-4-37-30(36)27-6-5-17-34(20-27)29(35)26-9-7-24(8-10-26)25-11-13-28(14-12-25)38-21-23-15-18-33(19-16-23)22-31(2,3)32/h7-14,23,27H,4-6,15-22H2,1-3H3. The van der Waals surface area contributed by atoms with Crippen LogP contribution in [-0.4, -0.2) is 73.3 Å². The number of hydrogen-bond acceptors (Lipinski definition) is 5. The van der Waals surface area contributed by atoms with Gasteiger partial charge in [-0.1, -0.05) is 24.3 Å². The molecule has 2 saturated heterocycles. The molecule has 0 radical (unpaired) electrons. The first-order chi connectivity index (χ1) is 18.2. The Bertz CT molecular complexity index is 1060. The lowest BCUT2D eigenvalue weighted by atomic mass is 9.96. The minimum atomic E-state index is -1.15. The lowest BCUT2D eigenvalue weighted by Crippen LogP contribution is -2.42. The summed E-state index contributed by atoms with van der Waals surface area (Å²) in [5.41, 5.74) is 1.56. The van der Waals surface area contributed by atoms with Crippen molar-refractivity contribution < 1.29 is 23.5 Å². The molecule has 2 fully saturated rings. The number of esters is 1. The zero-order chi connectivity index (χ0) is 27.1. The molecule has 0 saturated carbocycles. The van der Waals surface area contributed by atoms with E-state index in [1.807, 2.05) is 48.5 Å². The monoisotopic (exact) mass is 524 g/mol. The van der Waals surface area contributed by atoms with Crippen molar-refractivity contribution in [3.05, 3.63) is 54.1 Å². The number of ether oxygens (including phenoxy) is 2. The molecule has 1 atom stereocenters. The molecule has 0 aliphatic carbocycles. The number of rotatable bonds is 9. The third-order valence-corrected chi connectivity index (χ3v) is 7.44. The summed E-state index contributed by atoms with van der Waals surface area (Å²) < 4.78 is 25.1. The maximum atomic E-state index is 13.9. The van der Waals surface area contributed by atoms with Crippen molar-refractivity contribution in [3.8, 4) is 16.9 Å². The van der Waals surface area contributed by atoms with E-state index in [-0.39, 0.29) is 17.8 Å². The fourth-order valence-electron chi connectivity index (χ4n) is 5.40. The Kier molecular flexibility index (Phi) is 9.42. The Balaban J connectivity index is 1.26. The van der Waals surface area contributed by atoms with E-state index in [0.717, 1.165) is 55.6 Å². The van der Waals surface area contributed by atoms with Gasteiger partial charge in [-0.3, -0.25) is 9.59 Å². The van der Waals surface area contributed by atoms with Gasteiger partial charge in [0.2, 0.25) is 0 Å². The minimum Gasteiger partial charge on any atom is -0.493 e. The van der Waals surface area contributed by atoms with Crippen LogP contribution in [0.1, 0.15) is 56.8 Å². The second-order valence-electron chi connectivity index (χ2n) is 11.2. The highest BCUT2D eigenvalue weighted by Gasteiger charge is 2.30. The predicted molar refractivity (Wildman–Crippen MR) is 147 cm³/mol. The molecule has 0 N–H and O–H groups in total. The molecular weight excluding hydrogens is 483 g/mol. The summed E-state index contributed by atoms with van der Waals surface area (Å²) in [6, 6.07) is 15.7. The molecule has 38 heavy (non-hydrogen) atoms. The number of likely N-dealkylation sites (tertiary alicyclic amines) is 2. The summed E-state index contributed by atoms with van der Waals surface area (Å²) in [4.78, 5) is 29.1. The van der Waals surface area contributed by atoms with Crippen molar-refractivity contribution in [1.82, 2.24) is 9.80 Å². The molecule has 2 aromatic carbocycles. The Morgan fingerprint density at radius 2 is 1.58 bits per heavy atom. The summed E-state index contributed by atoms with van der Waals surface area (Å²) in [5, 5.41) is 0. The predicted octanol–water partition coefficient (Wildman–Crippen LogP) is 5.61. The Morgan fingerprint density at radius 1 is 0.947 bits per heavy atom. The van der Waals surface area contributed by atoms with Gasteiger partial charge in [0.05, 0.1) is 19.1 Å². The van der Waals surface area contributed by atoms with E-state index in [1.165, 1.54) is 0 Å². The molecule has 1 unspecified atom stereocenters. The van der Waals surface area contributed by atoms with Gasteiger partial charge in [-0.05, 0) is 101 Å². The molecule has 7 heteroatoms. The van der Waals surface area contributed by atoms with Gasteiger partial charge < -0.3 is 19.3 Å². The van der Waals surface area contributed by atoms with E-state index < -0.39 is 5.67 Å². The molecule has 2 aromatic rings. The summed E-state index contributed by atoms with van der Waals surface area (Å²) >= 11 is 0. The topological polar surface area (TPSA) is 59.1 Å². The van der Waals surface area contributed by atoms with E-state index in [2.05, 4.69) is 4.90 Å². The van der Waals surface area contributed by atoms with E-state index in [0.29, 0.717) is 44.3 Å². The summed E-state index contributed by atoms with van der Waals surface area (Å²) in [7, 11) is 0. The lowest BCUT2D eigenvalue weighted by molar-refractivity contribution is -0.149. The fraction of sp³-hybridized carbons (Fsp3) is 0.548. The van der Waals surface area contributed by atoms with Gasteiger partial charge in [-0.15, -0.1) is 0 Å². The maximum Gasteiger partial charge on any atom is 0.310 e. The summed E-state index contributed by atoms with van der Waals surface area (Å²) in [6.45, 7) is 9.51. The molecule has 0 aromatic heterocycles. The lowest BCUT2D eigenvalue weighted by Gasteiger charge is -2.34. The number of nitrogens with zero attached hydrogens (tertiary/aromatic N) is 2. The van der Waals surface area contributed by atoms with Gasteiger partial charge in [-0.2, -0.15) is 0 Å². The average Bonchev–Trinajstić information content (AvgIpc) is 2.92. The van der Waals surface area contributed by atoms with Gasteiger partial charge in [0, 0.05) is 25.2 Å². The molecule has 1 amide bonds. The number of halogens is 1. The normalized spacial score (nSPS) is 19.3. The van der Waals surface area contributed by atoms with Crippen LogP contribution in [0.4, 0.5) is 4.39 Å². The number of benzene rings is 2. The second-order valence-corrected chi connectivity index (χ2v) is 11.2. The first-order valence-corrected chi connectivity index (χ1v) is 13.9. The van der Waals surface area contributed by atoms with Gasteiger partial charge in [0.25, 0.3) is 5.91 Å². The van der Waals surface area contributed by atoms with Crippen molar-refractivity contribution in [2.24, 2.45) is 11.8 Å². The zero-order valence-corrected chi connectivity index (χ0v) is 23.0. The van der Waals surface area contributed by atoms with Crippen molar-refractivity contribution in [1.29, 1.82) is 0 Å². The Morgan fingerprint density at radius 3 is 2.18 bits per heavy atom. The second kappa shape index (κ2) is 12.7. The van der Waals surface area contributed by atoms with Crippen LogP contribution in [0.25, 0.3) is 11.1 Å². The molecule has 0 spiro atoms. The highest BCUT2D eigenvalue weighted by atomic mass is 19.1. The van der Waals surface area contributed by atoms with Crippen molar-refractivity contribution in [3.63, 3.8) is 0 Å². The molecule has 0 bridgehead atoms. The third kappa shape index (κ3) is 7.79. The van der Waals surface area contributed by atoms with Crippen molar-refractivity contribution in [2.75, 3.05) is 45.9 Å². The first kappa shape index (κ1) is 28.1. The summed E-state index contributed by atoms with van der Waals surface area (Å²) in [6.07, 6.45) is 3.62. The zero-order valence-electron chi connectivity index (χ0n) is 23.0. The molecule has 2 heterocycles. The number of alkyl halides is 1. The quantitative estimate of drug-likeness (QED) is 0.399. The van der Waals surface area contributed by atoms with Gasteiger partial charge in [0.15, 0.2) is 0 Å². The van der Waals surface area contributed by atoms with E-state index in [9.17, 15) is 14.0 Å². The van der Waals surface area contributed by atoms with E-state index >= 15 is 0 Å². The fourth-order valence-corrected chi connectivity index (χ4v) is 5.40. The number of hydrogen-bond donors (Lipinski definition) is 0. The number of piperidine rings is 2. The number of carbonyl (C=O) groups is 2. The van der Waals surface area contributed by atoms with Crippen LogP contribution >= 0.6 is 0 Å². The minimum absolute atomic E-state index is 0.0477. The SMILES string of the molecule is CCOC(=O)C1CCCN(C(=O)c2ccc(-c3ccc(OCC4CCN(CC(C)(C)F)CC4)cc3)cc2)C1. The van der Waals surface area contributed by atoms with Crippen molar-refractivity contribution in [2.45, 2.75) is 52.1 Å². The van der Waals surface area contributed by atoms with Crippen LogP contribution in [0.15, 0.2) is 48.5 Å². The highest BCUT2D eigenvalue weighted by Crippen LogP contribution is 2.26. The molecule has 2 aliphatic heterocycles. The third-order valence-electron chi connectivity index (χ3n) is 7.44.